The molecule has 94 valence electrons. The van der Waals surface area contributed by atoms with Crippen molar-refractivity contribution in [3.63, 3.8) is 0 Å². The Balaban J connectivity index is 2.40. The van der Waals surface area contributed by atoms with E-state index in [9.17, 15) is 0 Å². The number of hydrogen-bond donors (Lipinski definition) is 2. The summed E-state index contributed by atoms with van der Waals surface area (Å²) >= 11 is 0. The van der Waals surface area contributed by atoms with Crippen LogP contribution in [-0.2, 0) is 0 Å². The van der Waals surface area contributed by atoms with E-state index in [1.54, 1.807) is 7.11 Å². The zero-order chi connectivity index (χ0) is 12.4. The second-order valence-electron chi connectivity index (χ2n) is 4.78. The van der Waals surface area contributed by atoms with E-state index in [0.717, 1.165) is 25.4 Å². The normalized spacial score (nSPS) is 20.4. The number of ether oxygens (including phenoxy) is 1. The number of aryl methyl sites for hydroxylation is 1. The first-order chi connectivity index (χ1) is 8.15. The Labute approximate surface area is 104 Å². The number of methoxy groups -OCH3 is 1. The molecule has 1 aliphatic heterocycles. The summed E-state index contributed by atoms with van der Waals surface area (Å²) in [5.41, 5.74) is 5.22. The molecular formula is C14H22N2O. The number of rotatable bonds is 2. The third kappa shape index (κ3) is 2.31. The highest BCUT2D eigenvalue weighted by Gasteiger charge is 2.19. The van der Waals surface area contributed by atoms with Crippen LogP contribution in [-0.4, -0.2) is 26.7 Å². The highest BCUT2D eigenvalue weighted by atomic mass is 16.5. The first kappa shape index (κ1) is 12.4. The lowest BCUT2D eigenvalue weighted by atomic mass is 9.93. The smallest absolute Gasteiger partial charge is 0.124 e. The zero-order valence-corrected chi connectivity index (χ0v) is 11.2. The van der Waals surface area contributed by atoms with Crippen molar-refractivity contribution in [3.8, 4) is 5.75 Å². The van der Waals surface area contributed by atoms with Gasteiger partial charge in [-0.3, -0.25) is 0 Å². The minimum absolute atomic E-state index is 0.423. The van der Waals surface area contributed by atoms with Crippen molar-refractivity contribution < 1.29 is 4.74 Å². The van der Waals surface area contributed by atoms with E-state index >= 15 is 0 Å². The van der Waals surface area contributed by atoms with Crippen LogP contribution < -0.4 is 15.4 Å². The van der Waals surface area contributed by atoms with Gasteiger partial charge in [0.25, 0.3) is 0 Å². The molecule has 0 spiro atoms. The van der Waals surface area contributed by atoms with Crippen molar-refractivity contribution in [2.75, 3.05) is 26.7 Å². The summed E-state index contributed by atoms with van der Waals surface area (Å²) in [6.45, 7) is 9.54. The zero-order valence-electron chi connectivity index (χ0n) is 11.2. The Morgan fingerprint density at radius 1 is 1.18 bits per heavy atom. The minimum Gasteiger partial charge on any atom is -0.496 e. The molecule has 3 heteroatoms. The van der Waals surface area contributed by atoms with E-state index in [1.807, 2.05) is 0 Å². The summed E-state index contributed by atoms with van der Waals surface area (Å²) in [6.07, 6.45) is 0. The third-order valence-corrected chi connectivity index (χ3v) is 3.69. The summed E-state index contributed by atoms with van der Waals surface area (Å²) in [6, 6.07) is 2.68. The maximum atomic E-state index is 5.46. The SMILES string of the molecule is COc1c(C)cc(C2CNCCN2)c(C)c1C. The van der Waals surface area contributed by atoms with Crippen LogP contribution in [0.25, 0.3) is 0 Å². The van der Waals surface area contributed by atoms with Gasteiger partial charge in [-0.15, -0.1) is 0 Å². The molecule has 0 bridgehead atoms. The Bertz CT molecular complexity index is 409. The summed E-state index contributed by atoms with van der Waals surface area (Å²) < 4.78 is 5.46. The van der Waals surface area contributed by atoms with Gasteiger partial charge in [0.2, 0.25) is 0 Å². The lowest BCUT2D eigenvalue weighted by Gasteiger charge is -2.28. The number of piperazine rings is 1. The Morgan fingerprint density at radius 2 is 1.94 bits per heavy atom. The predicted octanol–water partition coefficient (Wildman–Crippen LogP) is 1.85. The third-order valence-electron chi connectivity index (χ3n) is 3.69. The summed E-state index contributed by atoms with van der Waals surface area (Å²) in [4.78, 5) is 0. The lowest BCUT2D eigenvalue weighted by Crippen LogP contribution is -2.43. The largest absolute Gasteiger partial charge is 0.496 e. The molecule has 0 aliphatic carbocycles. The van der Waals surface area contributed by atoms with E-state index in [0.29, 0.717) is 6.04 Å². The molecule has 0 amide bonds. The van der Waals surface area contributed by atoms with E-state index in [4.69, 9.17) is 4.74 Å². The maximum Gasteiger partial charge on any atom is 0.124 e. The second kappa shape index (κ2) is 5.07. The first-order valence-electron chi connectivity index (χ1n) is 6.24. The Hall–Kier alpha value is -1.06. The lowest BCUT2D eigenvalue weighted by molar-refractivity contribution is 0.404. The Morgan fingerprint density at radius 3 is 2.53 bits per heavy atom. The molecule has 3 nitrogen and oxygen atoms in total. The van der Waals surface area contributed by atoms with Crippen LogP contribution in [0.15, 0.2) is 6.07 Å². The molecule has 0 saturated carbocycles. The van der Waals surface area contributed by atoms with Crippen LogP contribution in [0.2, 0.25) is 0 Å². The number of hydrogen-bond acceptors (Lipinski definition) is 3. The van der Waals surface area contributed by atoms with Crippen LogP contribution in [0.3, 0.4) is 0 Å². The van der Waals surface area contributed by atoms with Crippen LogP contribution >= 0.6 is 0 Å². The maximum absolute atomic E-state index is 5.46. The molecule has 1 unspecified atom stereocenters. The fraction of sp³-hybridized carbons (Fsp3) is 0.571. The van der Waals surface area contributed by atoms with Gasteiger partial charge in [-0.1, -0.05) is 6.07 Å². The van der Waals surface area contributed by atoms with E-state index in [2.05, 4.69) is 37.5 Å². The van der Waals surface area contributed by atoms with E-state index in [-0.39, 0.29) is 0 Å². The molecule has 0 aromatic heterocycles. The molecule has 1 heterocycles. The number of nitrogens with one attached hydrogen (secondary N) is 2. The van der Waals surface area contributed by atoms with Crippen molar-refractivity contribution in [1.82, 2.24) is 10.6 Å². The summed E-state index contributed by atoms with van der Waals surface area (Å²) in [5.74, 6) is 1.02. The van der Waals surface area contributed by atoms with E-state index < -0.39 is 0 Å². The minimum atomic E-state index is 0.423. The van der Waals surface area contributed by atoms with Crippen LogP contribution in [0, 0.1) is 20.8 Å². The average Bonchev–Trinajstić information content (AvgIpc) is 2.35. The van der Waals surface area contributed by atoms with Crippen LogP contribution in [0.4, 0.5) is 0 Å². The van der Waals surface area contributed by atoms with Gasteiger partial charge in [0.15, 0.2) is 0 Å². The molecule has 1 fully saturated rings. The first-order valence-corrected chi connectivity index (χ1v) is 6.24. The molecule has 2 N–H and O–H groups in total. The molecular weight excluding hydrogens is 212 g/mol. The fourth-order valence-corrected chi connectivity index (χ4v) is 2.64. The highest BCUT2D eigenvalue weighted by molar-refractivity contribution is 5.50. The van der Waals surface area contributed by atoms with Crippen molar-refractivity contribution in [2.45, 2.75) is 26.8 Å². The molecule has 1 aromatic rings. The van der Waals surface area contributed by atoms with Gasteiger partial charge >= 0.3 is 0 Å². The van der Waals surface area contributed by atoms with Gasteiger partial charge in [-0.25, -0.2) is 0 Å². The standard InChI is InChI=1S/C14H22N2O/c1-9-7-12(13-8-15-5-6-16-13)10(2)11(3)14(9)17-4/h7,13,15-16H,5-6,8H2,1-4H3. The van der Waals surface area contributed by atoms with Crippen molar-refractivity contribution in [1.29, 1.82) is 0 Å². The molecule has 2 rings (SSSR count). The topological polar surface area (TPSA) is 33.3 Å². The summed E-state index contributed by atoms with van der Waals surface area (Å²) in [5, 5.41) is 7.00. The van der Waals surface area contributed by atoms with E-state index in [1.165, 1.54) is 22.3 Å². The highest BCUT2D eigenvalue weighted by Crippen LogP contribution is 2.31. The van der Waals surface area contributed by atoms with Gasteiger partial charge < -0.3 is 15.4 Å². The van der Waals surface area contributed by atoms with Crippen LogP contribution in [0.1, 0.15) is 28.3 Å². The van der Waals surface area contributed by atoms with Crippen LogP contribution in [0.5, 0.6) is 5.75 Å². The molecule has 1 aliphatic rings. The average molecular weight is 234 g/mol. The van der Waals surface area contributed by atoms with Gasteiger partial charge in [-0.2, -0.15) is 0 Å². The predicted molar refractivity (Wildman–Crippen MR) is 70.8 cm³/mol. The van der Waals surface area contributed by atoms with Gasteiger partial charge in [0.1, 0.15) is 5.75 Å². The molecule has 1 saturated heterocycles. The van der Waals surface area contributed by atoms with Gasteiger partial charge in [0, 0.05) is 25.7 Å². The molecule has 17 heavy (non-hydrogen) atoms. The molecule has 1 atom stereocenters. The summed E-state index contributed by atoms with van der Waals surface area (Å²) in [7, 11) is 1.74. The quantitative estimate of drug-likeness (QED) is 0.819. The monoisotopic (exact) mass is 234 g/mol. The van der Waals surface area contributed by atoms with Crippen molar-refractivity contribution in [2.24, 2.45) is 0 Å². The van der Waals surface area contributed by atoms with Crippen molar-refractivity contribution in [3.05, 3.63) is 28.3 Å². The van der Waals surface area contributed by atoms with Gasteiger partial charge in [0.05, 0.1) is 7.11 Å². The number of benzene rings is 1. The van der Waals surface area contributed by atoms with Crippen molar-refractivity contribution >= 4 is 0 Å². The van der Waals surface area contributed by atoms with Gasteiger partial charge in [-0.05, 0) is 43.0 Å². The molecule has 0 radical (unpaired) electrons. The molecule has 1 aromatic carbocycles. The fourth-order valence-electron chi connectivity index (χ4n) is 2.64. The second-order valence-corrected chi connectivity index (χ2v) is 4.78. The Kier molecular flexibility index (Phi) is 3.69.